The Hall–Kier alpha value is -1.65. The van der Waals surface area contributed by atoms with Gasteiger partial charge in [0, 0.05) is 17.6 Å². The van der Waals surface area contributed by atoms with Crippen LogP contribution in [0.2, 0.25) is 0 Å². The highest BCUT2D eigenvalue weighted by molar-refractivity contribution is 5.79. The molecule has 2 N–H and O–H groups in total. The molecule has 0 aliphatic heterocycles. The predicted molar refractivity (Wildman–Crippen MR) is 76.4 cm³/mol. The van der Waals surface area contributed by atoms with Gasteiger partial charge in [-0.2, -0.15) is 0 Å². The SMILES string of the molecule is CCCNC(CO)COc1ccc2cccnc2c1. The van der Waals surface area contributed by atoms with Gasteiger partial charge in [0.15, 0.2) is 0 Å². The predicted octanol–water partition coefficient (Wildman–Crippen LogP) is 1.97. The van der Waals surface area contributed by atoms with Crippen molar-refractivity contribution in [2.75, 3.05) is 19.8 Å². The molecule has 19 heavy (non-hydrogen) atoms. The van der Waals surface area contributed by atoms with Gasteiger partial charge in [-0.3, -0.25) is 4.98 Å². The van der Waals surface area contributed by atoms with Gasteiger partial charge in [-0.05, 0) is 31.2 Å². The first-order valence-corrected chi connectivity index (χ1v) is 6.65. The number of ether oxygens (including phenoxy) is 1. The number of nitrogens with one attached hydrogen (secondary N) is 1. The van der Waals surface area contributed by atoms with Crippen molar-refractivity contribution < 1.29 is 9.84 Å². The summed E-state index contributed by atoms with van der Waals surface area (Å²) in [5, 5.41) is 13.6. The average molecular weight is 260 g/mol. The van der Waals surface area contributed by atoms with Crippen molar-refractivity contribution in [3.63, 3.8) is 0 Å². The molecule has 1 aromatic carbocycles. The lowest BCUT2D eigenvalue weighted by molar-refractivity contribution is 0.183. The van der Waals surface area contributed by atoms with Crippen molar-refractivity contribution in [2.45, 2.75) is 19.4 Å². The maximum absolute atomic E-state index is 9.25. The summed E-state index contributed by atoms with van der Waals surface area (Å²) in [5.41, 5.74) is 0.919. The first kappa shape index (κ1) is 13.8. The van der Waals surface area contributed by atoms with Gasteiger partial charge in [0.05, 0.1) is 18.2 Å². The Morgan fingerprint density at radius 2 is 2.26 bits per heavy atom. The van der Waals surface area contributed by atoms with Crippen LogP contribution < -0.4 is 10.1 Å². The van der Waals surface area contributed by atoms with Gasteiger partial charge in [0.25, 0.3) is 0 Å². The van der Waals surface area contributed by atoms with E-state index >= 15 is 0 Å². The van der Waals surface area contributed by atoms with Crippen LogP contribution >= 0.6 is 0 Å². The maximum Gasteiger partial charge on any atom is 0.121 e. The summed E-state index contributed by atoms with van der Waals surface area (Å²) in [4.78, 5) is 4.29. The molecular weight excluding hydrogens is 240 g/mol. The average Bonchev–Trinajstić information content (AvgIpc) is 2.47. The molecule has 1 aromatic heterocycles. The van der Waals surface area contributed by atoms with E-state index in [4.69, 9.17) is 4.74 Å². The van der Waals surface area contributed by atoms with E-state index in [2.05, 4.69) is 17.2 Å². The number of fused-ring (bicyclic) bond motifs is 1. The summed E-state index contributed by atoms with van der Waals surface area (Å²) >= 11 is 0. The van der Waals surface area contributed by atoms with E-state index in [-0.39, 0.29) is 12.6 Å². The van der Waals surface area contributed by atoms with Gasteiger partial charge >= 0.3 is 0 Å². The molecule has 1 heterocycles. The number of hydrogen-bond donors (Lipinski definition) is 2. The molecule has 0 saturated heterocycles. The lowest BCUT2D eigenvalue weighted by Gasteiger charge is -2.16. The minimum absolute atomic E-state index is 0.0284. The van der Waals surface area contributed by atoms with E-state index in [9.17, 15) is 5.11 Å². The molecule has 1 unspecified atom stereocenters. The zero-order valence-electron chi connectivity index (χ0n) is 11.2. The third kappa shape index (κ3) is 3.91. The Balaban J connectivity index is 1.96. The molecule has 0 saturated carbocycles. The third-order valence-corrected chi connectivity index (χ3v) is 2.93. The molecule has 0 aliphatic carbocycles. The first-order chi connectivity index (χ1) is 9.33. The number of aliphatic hydroxyl groups excluding tert-OH is 1. The van der Waals surface area contributed by atoms with Gasteiger partial charge in [-0.15, -0.1) is 0 Å². The van der Waals surface area contributed by atoms with Crippen LogP contribution in [-0.2, 0) is 0 Å². The summed E-state index contributed by atoms with van der Waals surface area (Å²) in [5.74, 6) is 0.781. The summed E-state index contributed by atoms with van der Waals surface area (Å²) in [6.07, 6.45) is 2.81. The second-order valence-corrected chi connectivity index (χ2v) is 4.50. The Morgan fingerprint density at radius 1 is 1.37 bits per heavy atom. The second kappa shape index (κ2) is 7.07. The zero-order valence-corrected chi connectivity index (χ0v) is 11.2. The highest BCUT2D eigenvalue weighted by Crippen LogP contribution is 2.18. The maximum atomic E-state index is 9.25. The Morgan fingerprint density at radius 3 is 3.05 bits per heavy atom. The molecule has 0 aliphatic rings. The minimum atomic E-state index is -0.0284. The van der Waals surface area contributed by atoms with Crippen molar-refractivity contribution in [1.29, 1.82) is 0 Å². The van der Waals surface area contributed by atoms with Crippen molar-refractivity contribution in [1.82, 2.24) is 10.3 Å². The highest BCUT2D eigenvalue weighted by atomic mass is 16.5. The monoisotopic (exact) mass is 260 g/mol. The molecule has 0 bridgehead atoms. The van der Waals surface area contributed by atoms with Crippen LogP contribution in [0, 0.1) is 0 Å². The van der Waals surface area contributed by atoms with E-state index in [1.165, 1.54) is 0 Å². The molecular formula is C15H20N2O2. The quantitative estimate of drug-likeness (QED) is 0.799. The largest absolute Gasteiger partial charge is 0.492 e. The van der Waals surface area contributed by atoms with Crippen LogP contribution in [0.3, 0.4) is 0 Å². The van der Waals surface area contributed by atoms with Crippen molar-refractivity contribution >= 4 is 10.9 Å². The Bertz CT molecular complexity index is 516. The molecule has 1 atom stereocenters. The third-order valence-electron chi connectivity index (χ3n) is 2.93. The molecule has 2 rings (SSSR count). The molecule has 4 heteroatoms. The smallest absolute Gasteiger partial charge is 0.121 e. The molecule has 4 nitrogen and oxygen atoms in total. The van der Waals surface area contributed by atoms with Gasteiger partial charge in [-0.1, -0.05) is 13.0 Å². The minimum Gasteiger partial charge on any atom is -0.492 e. The summed E-state index contributed by atoms with van der Waals surface area (Å²) in [6, 6.07) is 9.75. The molecule has 0 amide bonds. The number of pyridine rings is 1. The lowest BCUT2D eigenvalue weighted by Crippen LogP contribution is -2.38. The number of aromatic nitrogens is 1. The summed E-state index contributed by atoms with van der Waals surface area (Å²) in [6.45, 7) is 3.51. The molecule has 102 valence electrons. The van der Waals surface area contributed by atoms with E-state index in [1.54, 1.807) is 6.20 Å². The fourth-order valence-corrected chi connectivity index (χ4v) is 1.86. The topological polar surface area (TPSA) is 54.4 Å². The number of rotatable bonds is 7. The molecule has 0 fully saturated rings. The fraction of sp³-hybridized carbons (Fsp3) is 0.400. The summed E-state index contributed by atoms with van der Waals surface area (Å²) < 4.78 is 5.70. The van der Waals surface area contributed by atoms with E-state index in [0.717, 1.165) is 29.6 Å². The number of benzene rings is 1. The van der Waals surface area contributed by atoms with Crippen molar-refractivity contribution in [3.05, 3.63) is 36.5 Å². The highest BCUT2D eigenvalue weighted by Gasteiger charge is 2.07. The van der Waals surface area contributed by atoms with Gasteiger partial charge in [0.2, 0.25) is 0 Å². The van der Waals surface area contributed by atoms with Crippen LogP contribution in [0.5, 0.6) is 5.75 Å². The van der Waals surface area contributed by atoms with Crippen molar-refractivity contribution in [2.24, 2.45) is 0 Å². The molecule has 0 radical (unpaired) electrons. The van der Waals surface area contributed by atoms with Crippen molar-refractivity contribution in [3.8, 4) is 5.75 Å². The Kier molecular flexibility index (Phi) is 5.12. The summed E-state index contributed by atoms with van der Waals surface area (Å²) in [7, 11) is 0. The number of aliphatic hydroxyl groups is 1. The molecule has 0 spiro atoms. The van der Waals surface area contributed by atoms with Crippen LogP contribution in [0.15, 0.2) is 36.5 Å². The van der Waals surface area contributed by atoms with Crippen LogP contribution in [0.1, 0.15) is 13.3 Å². The standard InChI is InChI=1S/C15H20N2O2/c1-2-7-16-13(10-18)11-19-14-6-5-12-4-3-8-17-15(12)9-14/h3-6,8-9,13,16,18H,2,7,10-11H2,1H3. The van der Waals surface area contributed by atoms with Gasteiger partial charge < -0.3 is 15.2 Å². The normalized spacial score (nSPS) is 12.5. The second-order valence-electron chi connectivity index (χ2n) is 4.50. The van der Waals surface area contributed by atoms with Crippen LogP contribution in [0.4, 0.5) is 0 Å². The van der Waals surface area contributed by atoms with E-state index < -0.39 is 0 Å². The zero-order chi connectivity index (χ0) is 13.5. The Labute approximate surface area is 113 Å². The van der Waals surface area contributed by atoms with E-state index in [0.29, 0.717) is 6.61 Å². The van der Waals surface area contributed by atoms with E-state index in [1.807, 2.05) is 30.3 Å². The van der Waals surface area contributed by atoms with Crippen LogP contribution in [-0.4, -0.2) is 35.9 Å². The first-order valence-electron chi connectivity index (χ1n) is 6.65. The number of hydrogen-bond acceptors (Lipinski definition) is 4. The van der Waals surface area contributed by atoms with Gasteiger partial charge in [-0.25, -0.2) is 0 Å². The molecule has 2 aromatic rings. The number of nitrogens with zero attached hydrogens (tertiary/aromatic N) is 1. The fourth-order valence-electron chi connectivity index (χ4n) is 1.86. The van der Waals surface area contributed by atoms with Gasteiger partial charge in [0.1, 0.15) is 12.4 Å². The van der Waals surface area contributed by atoms with Crippen LogP contribution in [0.25, 0.3) is 10.9 Å². The lowest BCUT2D eigenvalue weighted by atomic mass is 10.2.